The maximum absolute atomic E-state index is 11.0. The van der Waals surface area contributed by atoms with Crippen LogP contribution in [0.3, 0.4) is 0 Å². The Morgan fingerprint density at radius 2 is 1.41 bits per heavy atom. The van der Waals surface area contributed by atoms with Crippen LogP contribution in [0.5, 0.6) is 0 Å². The Morgan fingerprint density at radius 1 is 0.864 bits per heavy atom. The Kier molecular flexibility index (Phi) is 16.7. The van der Waals surface area contributed by atoms with E-state index in [9.17, 15) is 4.79 Å². The zero-order valence-electron chi connectivity index (χ0n) is 14.4. The Hall–Kier alpha value is -1.31. The van der Waals surface area contributed by atoms with Crippen molar-refractivity contribution in [3.8, 4) is 0 Å². The van der Waals surface area contributed by atoms with Crippen molar-refractivity contribution < 1.29 is 9.53 Å². The molecule has 0 saturated heterocycles. The summed E-state index contributed by atoms with van der Waals surface area (Å²) in [5.41, 5.74) is 0. The smallest absolute Gasteiger partial charge is 0.335 e. The standard InChI is InChI=1S/C20H34O2/c1-3-5-6-7-8-9-10-11-12-13-14-15-16-17-18-19-20(21)22-4-2/h4,16-19H,2-3,5-15H2,1H3/b17-16+,19-18+. The number of carbonyl (C=O) groups is 1. The minimum atomic E-state index is -0.380. The largest absolute Gasteiger partial charge is 0.432 e. The lowest BCUT2D eigenvalue weighted by Crippen LogP contribution is -1.91. The third kappa shape index (κ3) is 16.7. The Bertz CT molecular complexity index is 316. The quantitative estimate of drug-likeness (QED) is 0.114. The first kappa shape index (κ1) is 20.7. The topological polar surface area (TPSA) is 26.3 Å². The summed E-state index contributed by atoms with van der Waals surface area (Å²) in [5.74, 6) is -0.380. The maximum atomic E-state index is 11.0. The summed E-state index contributed by atoms with van der Waals surface area (Å²) in [6.07, 6.45) is 24.4. The van der Waals surface area contributed by atoms with Crippen LogP contribution in [0.2, 0.25) is 0 Å². The summed E-state index contributed by atoms with van der Waals surface area (Å²) < 4.78 is 4.57. The van der Waals surface area contributed by atoms with Crippen LogP contribution in [0, 0.1) is 0 Å². The highest BCUT2D eigenvalue weighted by molar-refractivity contribution is 5.82. The Balaban J connectivity index is 3.23. The number of allylic oxidation sites excluding steroid dienone is 3. The molecule has 0 aliphatic carbocycles. The zero-order valence-corrected chi connectivity index (χ0v) is 14.4. The number of carbonyl (C=O) groups excluding carboxylic acids is 1. The molecule has 0 radical (unpaired) electrons. The minimum Gasteiger partial charge on any atom is -0.432 e. The molecular formula is C20H34O2. The Labute approximate surface area is 137 Å². The van der Waals surface area contributed by atoms with E-state index in [2.05, 4.69) is 24.3 Å². The third-order valence-corrected chi connectivity index (χ3v) is 3.65. The van der Waals surface area contributed by atoms with Gasteiger partial charge < -0.3 is 4.74 Å². The lowest BCUT2D eigenvalue weighted by Gasteiger charge is -2.01. The first-order valence-corrected chi connectivity index (χ1v) is 8.96. The van der Waals surface area contributed by atoms with Crippen molar-refractivity contribution in [1.82, 2.24) is 0 Å². The van der Waals surface area contributed by atoms with E-state index in [4.69, 9.17) is 0 Å². The third-order valence-electron chi connectivity index (χ3n) is 3.65. The van der Waals surface area contributed by atoms with Gasteiger partial charge in [-0.2, -0.15) is 0 Å². The first-order valence-electron chi connectivity index (χ1n) is 8.96. The van der Waals surface area contributed by atoms with Gasteiger partial charge in [0.2, 0.25) is 0 Å². The molecule has 0 atom stereocenters. The molecule has 0 aromatic rings. The molecule has 22 heavy (non-hydrogen) atoms. The second-order valence-corrected chi connectivity index (χ2v) is 5.72. The highest BCUT2D eigenvalue weighted by Gasteiger charge is 1.92. The van der Waals surface area contributed by atoms with Crippen molar-refractivity contribution in [2.24, 2.45) is 0 Å². The molecule has 0 heterocycles. The van der Waals surface area contributed by atoms with Gasteiger partial charge in [-0.25, -0.2) is 4.79 Å². The van der Waals surface area contributed by atoms with Gasteiger partial charge in [-0.15, -0.1) is 0 Å². The molecule has 0 aliphatic heterocycles. The van der Waals surface area contributed by atoms with Gasteiger partial charge >= 0.3 is 5.97 Å². The average molecular weight is 306 g/mol. The molecule has 0 amide bonds. The molecule has 2 nitrogen and oxygen atoms in total. The minimum absolute atomic E-state index is 0.380. The van der Waals surface area contributed by atoms with E-state index in [0.29, 0.717) is 0 Å². The van der Waals surface area contributed by atoms with Crippen molar-refractivity contribution >= 4 is 5.97 Å². The van der Waals surface area contributed by atoms with Crippen molar-refractivity contribution in [3.63, 3.8) is 0 Å². The van der Waals surface area contributed by atoms with Crippen LogP contribution in [0.4, 0.5) is 0 Å². The summed E-state index contributed by atoms with van der Waals surface area (Å²) >= 11 is 0. The van der Waals surface area contributed by atoms with Crippen LogP contribution in [0.15, 0.2) is 37.1 Å². The molecule has 0 unspecified atom stereocenters. The average Bonchev–Trinajstić information content (AvgIpc) is 2.51. The molecule has 0 saturated carbocycles. The number of hydrogen-bond donors (Lipinski definition) is 0. The lowest BCUT2D eigenvalue weighted by molar-refractivity contribution is -0.132. The van der Waals surface area contributed by atoms with Crippen molar-refractivity contribution in [1.29, 1.82) is 0 Å². The highest BCUT2D eigenvalue weighted by Crippen LogP contribution is 2.11. The van der Waals surface area contributed by atoms with Crippen LogP contribution < -0.4 is 0 Å². The van der Waals surface area contributed by atoms with E-state index in [-0.39, 0.29) is 5.97 Å². The van der Waals surface area contributed by atoms with Crippen LogP contribution >= 0.6 is 0 Å². The van der Waals surface area contributed by atoms with E-state index in [1.807, 2.05) is 6.08 Å². The summed E-state index contributed by atoms with van der Waals surface area (Å²) in [6, 6.07) is 0. The van der Waals surface area contributed by atoms with Gasteiger partial charge in [0.15, 0.2) is 0 Å². The number of rotatable bonds is 15. The molecule has 0 rings (SSSR count). The summed E-state index contributed by atoms with van der Waals surface area (Å²) in [7, 11) is 0. The van der Waals surface area contributed by atoms with Crippen molar-refractivity contribution in [3.05, 3.63) is 37.1 Å². The number of hydrogen-bond acceptors (Lipinski definition) is 2. The molecule has 0 bridgehead atoms. The molecule has 0 aliphatic rings. The summed E-state index contributed by atoms with van der Waals surface area (Å²) in [5, 5.41) is 0. The van der Waals surface area contributed by atoms with Gasteiger partial charge in [-0.1, -0.05) is 95.9 Å². The molecule has 2 heteroatoms. The van der Waals surface area contributed by atoms with E-state index >= 15 is 0 Å². The van der Waals surface area contributed by atoms with Crippen LogP contribution in [-0.4, -0.2) is 5.97 Å². The summed E-state index contributed by atoms with van der Waals surface area (Å²) in [6.45, 7) is 5.59. The number of ether oxygens (including phenoxy) is 1. The van der Waals surface area contributed by atoms with Crippen molar-refractivity contribution in [2.45, 2.75) is 84.0 Å². The molecule has 0 aromatic heterocycles. The van der Waals surface area contributed by atoms with Gasteiger partial charge in [0.05, 0.1) is 6.26 Å². The predicted molar refractivity (Wildman–Crippen MR) is 95.6 cm³/mol. The van der Waals surface area contributed by atoms with E-state index < -0.39 is 0 Å². The van der Waals surface area contributed by atoms with Gasteiger partial charge in [-0.3, -0.25) is 0 Å². The first-order chi connectivity index (χ1) is 10.8. The van der Waals surface area contributed by atoms with Gasteiger partial charge in [0, 0.05) is 6.08 Å². The van der Waals surface area contributed by atoms with Gasteiger partial charge in [0.25, 0.3) is 0 Å². The second-order valence-electron chi connectivity index (χ2n) is 5.72. The fourth-order valence-electron chi connectivity index (χ4n) is 2.36. The maximum Gasteiger partial charge on any atom is 0.335 e. The number of unbranched alkanes of at least 4 members (excludes halogenated alkanes) is 11. The SMILES string of the molecule is C=COC(=O)/C=C/C=C/CCCCCCCCCCCCC. The molecule has 126 valence electrons. The van der Waals surface area contributed by atoms with Gasteiger partial charge in [0.1, 0.15) is 0 Å². The number of esters is 1. The zero-order chi connectivity index (χ0) is 16.3. The van der Waals surface area contributed by atoms with Crippen LogP contribution in [0.25, 0.3) is 0 Å². The fraction of sp³-hybridized carbons (Fsp3) is 0.650. The predicted octanol–water partition coefficient (Wildman–Crippen LogP) is 6.49. The molecule has 0 spiro atoms. The van der Waals surface area contributed by atoms with E-state index in [1.165, 1.54) is 76.7 Å². The fourth-order valence-corrected chi connectivity index (χ4v) is 2.36. The molecule has 0 fully saturated rings. The van der Waals surface area contributed by atoms with Gasteiger partial charge in [-0.05, 0) is 12.8 Å². The van der Waals surface area contributed by atoms with Crippen LogP contribution in [-0.2, 0) is 9.53 Å². The monoisotopic (exact) mass is 306 g/mol. The van der Waals surface area contributed by atoms with Crippen molar-refractivity contribution in [2.75, 3.05) is 0 Å². The van der Waals surface area contributed by atoms with Crippen LogP contribution in [0.1, 0.15) is 84.0 Å². The highest BCUT2D eigenvalue weighted by atomic mass is 16.5. The normalized spacial score (nSPS) is 11.3. The lowest BCUT2D eigenvalue weighted by atomic mass is 10.1. The second kappa shape index (κ2) is 17.7. The van der Waals surface area contributed by atoms with E-state index in [1.54, 1.807) is 6.08 Å². The Morgan fingerprint density at radius 3 is 1.95 bits per heavy atom. The van der Waals surface area contributed by atoms with E-state index in [0.717, 1.165) is 12.7 Å². The molecule has 0 aromatic carbocycles. The summed E-state index contributed by atoms with van der Waals surface area (Å²) in [4.78, 5) is 11.0. The molecular weight excluding hydrogens is 272 g/mol. The molecule has 0 N–H and O–H groups in total.